The molecule has 0 radical (unpaired) electrons. The summed E-state index contributed by atoms with van der Waals surface area (Å²) >= 11 is 0. The zero-order valence-corrected chi connectivity index (χ0v) is 15.7. The molecule has 0 unspecified atom stereocenters. The van der Waals surface area contributed by atoms with E-state index in [4.69, 9.17) is 9.47 Å². The van der Waals surface area contributed by atoms with Gasteiger partial charge in [0.15, 0.2) is 6.10 Å². The van der Waals surface area contributed by atoms with Gasteiger partial charge in [0.2, 0.25) is 0 Å². The zero-order chi connectivity index (χ0) is 19.2. The van der Waals surface area contributed by atoms with E-state index in [-0.39, 0.29) is 11.9 Å². The maximum absolute atomic E-state index is 12.5. The normalized spacial score (nSPS) is 16.7. The average molecular weight is 367 g/mol. The maximum atomic E-state index is 12.5. The van der Waals surface area contributed by atoms with Gasteiger partial charge in [-0.3, -0.25) is 4.79 Å². The first-order valence-corrected chi connectivity index (χ1v) is 9.40. The van der Waals surface area contributed by atoms with Crippen molar-refractivity contribution in [1.82, 2.24) is 5.32 Å². The number of ether oxygens (including phenoxy) is 2. The van der Waals surface area contributed by atoms with Gasteiger partial charge in [-0.05, 0) is 68.5 Å². The number of benzene rings is 2. The molecule has 0 saturated heterocycles. The molecule has 5 nitrogen and oxygen atoms in total. The minimum absolute atomic E-state index is 0.0333. The minimum atomic E-state index is -0.863. The Labute approximate surface area is 159 Å². The number of amides is 1. The van der Waals surface area contributed by atoms with Crippen LogP contribution in [-0.4, -0.2) is 24.6 Å². The largest absolute Gasteiger partial charge is 0.494 e. The highest BCUT2D eigenvalue weighted by Crippen LogP contribution is 2.29. The van der Waals surface area contributed by atoms with E-state index in [0.717, 1.165) is 24.8 Å². The van der Waals surface area contributed by atoms with Crippen LogP contribution in [0.25, 0.3) is 0 Å². The van der Waals surface area contributed by atoms with Crippen LogP contribution in [0.2, 0.25) is 0 Å². The summed E-state index contributed by atoms with van der Waals surface area (Å²) in [5.41, 5.74) is 2.82. The number of carbonyl (C=O) groups is 2. The van der Waals surface area contributed by atoms with Crippen LogP contribution in [0, 0.1) is 0 Å². The third kappa shape index (κ3) is 4.67. The van der Waals surface area contributed by atoms with Crippen molar-refractivity contribution in [2.24, 2.45) is 0 Å². The van der Waals surface area contributed by atoms with E-state index in [1.807, 2.05) is 19.1 Å². The molecule has 142 valence electrons. The topological polar surface area (TPSA) is 64.6 Å². The lowest BCUT2D eigenvalue weighted by Gasteiger charge is -2.27. The molecule has 0 saturated carbocycles. The SMILES string of the molecule is CCOc1ccc(C(=O)O[C@@H](C)C(=O)N[C@H]2CCCc3ccccc32)cc1. The second kappa shape index (κ2) is 8.71. The second-order valence-corrected chi connectivity index (χ2v) is 6.66. The molecule has 1 aliphatic carbocycles. The van der Waals surface area contributed by atoms with Gasteiger partial charge in [-0.15, -0.1) is 0 Å². The monoisotopic (exact) mass is 367 g/mol. The lowest BCUT2D eigenvalue weighted by atomic mass is 9.87. The molecule has 0 fully saturated rings. The number of nitrogens with one attached hydrogen (secondary N) is 1. The van der Waals surface area contributed by atoms with Crippen molar-refractivity contribution in [3.05, 3.63) is 65.2 Å². The third-order valence-corrected chi connectivity index (χ3v) is 4.74. The van der Waals surface area contributed by atoms with Crippen LogP contribution < -0.4 is 10.1 Å². The van der Waals surface area contributed by atoms with Crippen LogP contribution in [-0.2, 0) is 16.0 Å². The minimum Gasteiger partial charge on any atom is -0.494 e. The van der Waals surface area contributed by atoms with Gasteiger partial charge in [-0.1, -0.05) is 24.3 Å². The standard InChI is InChI=1S/C22H25NO4/c1-3-26-18-13-11-17(12-14-18)22(25)27-15(2)21(24)23-20-10-6-8-16-7-4-5-9-19(16)20/h4-5,7,9,11-15,20H,3,6,8,10H2,1-2H3,(H,23,24)/t15-,20-/m0/s1. The lowest BCUT2D eigenvalue weighted by Crippen LogP contribution is -2.39. The molecule has 0 spiro atoms. The van der Waals surface area contributed by atoms with Crippen molar-refractivity contribution in [1.29, 1.82) is 0 Å². The van der Waals surface area contributed by atoms with E-state index in [1.54, 1.807) is 31.2 Å². The predicted molar refractivity (Wildman–Crippen MR) is 103 cm³/mol. The van der Waals surface area contributed by atoms with Crippen molar-refractivity contribution in [2.75, 3.05) is 6.61 Å². The van der Waals surface area contributed by atoms with Gasteiger partial charge in [0.05, 0.1) is 18.2 Å². The molecule has 0 aliphatic heterocycles. The van der Waals surface area contributed by atoms with Gasteiger partial charge < -0.3 is 14.8 Å². The Morgan fingerprint density at radius 2 is 1.89 bits per heavy atom. The number of hydrogen-bond donors (Lipinski definition) is 1. The molecule has 0 aromatic heterocycles. The molecule has 1 aliphatic rings. The van der Waals surface area contributed by atoms with Crippen LogP contribution in [0.5, 0.6) is 5.75 Å². The van der Waals surface area contributed by atoms with E-state index in [0.29, 0.717) is 17.9 Å². The lowest BCUT2D eigenvalue weighted by molar-refractivity contribution is -0.130. The number of carbonyl (C=O) groups excluding carboxylic acids is 2. The predicted octanol–water partition coefficient (Wildman–Crippen LogP) is 3.82. The molecule has 1 amide bonds. The highest BCUT2D eigenvalue weighted by molar-refractivity contribution is 5.92. The van der Waals surface area contributed by atoms with Gasteiger partial charge in [0, 0.05) is 0 Å². The molecule has 3 rings (SSSR count). The number of aryl methyl sites for hydroxylation is 1. The fourth-order valence-electron chi connectivity index (χ4n) is 3.33. The summed E-state index contributed by atoms with van der Waals surface area (Å²) in [5, 5.41) is 3.02. The number of esters is 1. The fourth-order valence-corrected chi connectivity index (χ4v) is 3.33. The number of fused-ring (bicyclic) bond motifs is 1. The molecule has 2 atom stereocenters. The maximum Gasteiger partial charge on any atom is 0.338 e. The Morgan fingerprint density at radius 3 is 2.63 bits per heavy atom. The number of rotatable bonds is 6. The first kappa shape index (κ1) is 19.0. The summed E-state index contributed by atoms with van der Waals surface area (Å²) in [5.74, 6) is -0.114. The van der Waals surface area contributed by atoms with Crippen molar-refractivity contribution < 1.29 is 19.1 Å². The summed E-state index contributed by atoms with van der Waals surface area (Å²) < 4.78 is 10.7. The summed E-state index contributed by atoms with van der Waals surface area (Å²) in [4.78, 5) is 24.8. The molecule has 27 heavy (non-hydrogen) atoms. The summed E-state index contributed by atoms with van der Waals surface area (Å²) in [6.07, 6.45) is 2.09. The Morgan fingerprint density at radius 1 is 1.15 bits per heavy atom. The summed E-state index contributed by atoms with van der Waals surface area (Å²) in [6, 6.07) is 14.8. The molecule has 1 N–H and O–H groups in total. The van der Waals surface area contributed by atoms with Gasteiger partial charge in [0.1, 0.15) is 5.75 Å². The van der Waals surface area contributed by atoms with Crippen LogP contribution in [0.1, 0.15) is 54.2 Å². The summed E-state index contributed by atoms with van der Waals surface area (Å²) in [6.45, 7) is 4.05. The first-order valence-electron chi connectivity index (χ1n) is 9.40. The van der Waals surface area contributed by atoms with Gasteiger partial charge in [-0.25, -0.2) is 4.79 Å². The van der Waals surface area contributed by atoms with Crippen molar-refractivity contribution in [3.63, 3.8) is 0 Å². The highest BCUT2D eigenvalue weighted by atomic mass is 16.5. The van der Waals surface area contributed by atoms with Gasteiger partial charge in [0.25, 0.3) is 5.91 Å². The molecule has 2 aromatic carbocycles. The van der Waals surface area contributed by atoms with Crippen LogP contribution in [0.15, 0.2) is 48.5 Å². The molecule has 2 aromatic rings. The average Bonchev–Trinajstić information content (AvgIpc) is 2.69. The van der Waals surface area contributed by atoms with E-state index in [9.17, 15) is 9.59 Å². The van der Waals surface area contributed by atoms with Crippen LogP contribution in [0.4, 0.5) is 0 Å². The highest BCUT2D eigenvalue weighted by Gasteiger charge is 2.25. The smallest absolute Gasteiger partial charge is 0.338 e. The van der Waals surface area contributed by atoms with Gasteiger partial charge in [-0.2, -0.15) is 0 Å². The molecule has 5 heteroatoms. The van der Waals surface area contributed by atoms with E-state index < -0.39 is 12.1 Å². The summed E-state index contributed by atoms with van der Waals surface area (Å²) in [7, 11) is 0. The zero-order valence-electron chi connectivity index (χ0n) is 15.7. The Balaban J connectivity index is 1.58. The number of hydrogen-bond acceptors (Lipinski definition) is 4. The van der Waals surface area contributed by atoms with Gasteiger partial charge >= 0.3 is 5.97 Å². The van der Waals surface area contributed by atoms with E-state index >= 15 is 0 Å². The first-order chi connectivity index (χ1) is 13.1. The van der Waals surface area contributed by atoms with Crippen molar-refractivity contribution in [3.8, 4) is 5.75 Å². The van der Waals surface area contributed by atoms with Crippen molar-refractivity contribution in [2.45, 2.75) is 45.3 Å². The fraction of sp³-hybridized carbons (Fsp3) is 0.364. The molecule has 0 bridgehead atoms. The molecular weight excluding hydrogens is 342 g/mol. The van der Waals surface area contributed by atoms with Crippen molar-refractivity contribution >= 4 is 11.9 Å². The van der Waals surface area contributed by atoms with E-state index in [1.165, 1.54) is 5.56 Å². The molecule has 0 heterocycles. The van der Waals surface area contributed by atoms with Crippen LogP contribution >= 0.6 is 0 Å². The molecular formula is C22H25NO4. The quantitative estimate of drug-likeness (QED) is 0.788. The third-order valence-electron chi connectivity index (χ3n) is 4.74. The second-order valence-electron chi connectivity index (χ2n) is 6.66. The Hall–Kier alpha value is -2.82. The Kier molecular flexibility index (Phi) is 6.12. The van der Waals surface area contributed by atoms with E-state index in [2.05, 4.69) is 17.4 Å². The van der Waals surface area contributed by atoms with Crippen LogP contribution in [0.3, 0.4) is 0 Å². The Bertz CT molecular complexity index is 800.